The largest absolute Gasteiger partial charge is 0.388 e. The minimum absolute atomic E-state index is 0.753. The molecule has 1 unspecified atom stereocenters. The van der Waals surface area contributed by atoms with Crippen molar-refractivity contribution in [1.82, 2.24) is 4.90 Å². The van der Waals surface area contributed by atoms with Crippen LogP contribution in [0, 0.1) is 12.8 Å². The molecule has 0 aliphatic carbocycles. The molecule has 18 heavy (non-hydrogen) atoms. The fourth-order valence-electron chi connectivity index (χ4n) is 3.01. The minimum atomic E-state index is 0.753. The standard InChI is InChI=1S/C16H26N2/c1-13(12-18-8-4-5-9-18)10-15-6-7-16(17-3)14(2)11-15/h6-7,11,13,17H,4-5,8-10,12H2,1-3H3. The quantitative estimate of drug-likeness (QED) is 0.857. The first-order chi connectivity index (χ1) is 8.69. The highest BCUT2D eigenvalue weighted by molar-refractivity contribution is 5.51. The summed E-state index contributed by atoms with van der Waals surface area (Å²) in [6, 6.07) is 6.79. The molecule has 0 aromatic heterocycles. The molecule has 100 valence electrons. The van der Waals surface area contributed by atoms with E-state index in [4.69, 9.17) is 0 Å². The molecule has 2 rings (SSSR count). The van der Waals surface area contributed by atoms with Crippen molar-refractivity contribution >= 4 is 5.69 Å². The van der Waals surface area contributed by atoms with Crippen LogP contribution in [0.1, 0.15) is 30.9 Å². The van der Waals surface area contributed by atoms with Crippen molar-refractivity contribution in [2.75, 3.05) is 32.0 Å². The zero-order valence-corrected chi connectivity index (χ0v) is 12.0. The van der Waals surface area contributed by atoms with E-state index in [0.717, 1.165) is 5.92 Å². The van der Waals surface area contributed by atoms with Crippen LogP contribution < -0.4 is 5.32 Å². The van der Waals surface area contributed by atoms with Gasteiger partial charge in [0, 0.05) is 19.3 Å². The molecular formula is C16H26N2. The highest BCUT2D eigenvalue weighted by Gasteiger charge is 2.14. The van der Waals surface area contributed by atoms with Crippen molar-refractivity contribution in [2.24, 2.45) is 5.92 Å². The number of nitrogens with zero attached hydrogens (tertiary/aromatic N) is 1. The number of likely N-dealkylation sites (tertiary alicyclic amines) is 1. The molecule has 0 radical (unpaired) electrons. The molecule has 0 saturated carbocycles. The van der Waals surface area contributed by atoms with Crippen LogP contribution in [0.4, 0.5) is 5.69 Å². The molecule has 1 N–H and O–H groups in total. The fourth-order valence-corrected chi connectivity index (χ4v) is 3.01. The highest BCUT2D eigenvalue weighted by Crippen LogP contribution is 2.19. The number of hydrogen-bond donors (Lipinski definition) is 1. The van der Waals surface area contributed by atoms with E-state index in [1.165, 1.54) is 55.7 Å². The van der Waals surface area contributed by atoms with E-state index >= 15 is 0 Å². The lowest BCUT2D eigenvalue weighted by Gasteiger charge is -2.20. The predicted molar refractivity (Wildman–Crippen MR) is 79.3 cm³/mol. The van der Waals surface area contributed by atoms with Crippen LogP contribution in [0.15, 0.2) is 18.2 Å². The van der Waals surface area contributed by atoms with Crippen LogP contribution in [0.2, 0.25) is 0 Å². The number of aryl methyl sites for hydroxylation is 1. The van der Waals surface area contributed by atoms with Crippen LogP contribution in [0.5, 0.6) is 0 Å². The lowest BCUT2D eigenvalue weighted by molar-refractivity contribution is 0.287. The molecule has 1 fully saturated rings. The summed E-state index contributed by atoms with van der Waals surface area (Å²) in [7, 11) is 1.98. The Morgan fingerprint density at radius 1 is 1.28 bits per heavy atom. The van der Waals surface area contributed by atoms with E-state index in [9.17, 15) is 0 Å². The summed E-state index contributed by atoms with van der Waals surface area (Å²) < 4.78 is 0. The van der Waals surface area contributed by atoms with Gasteiger partial charge >= 0.3 is 0 Å². The van der Waals surface area contributed by atoms with Gasteiger partial charge in [-0.2, -0.15) is 0 Å². The van der Waals surface area contributed by atoms with E-state index in [-0.39, 0.29) is 0 Å². The van der Waals surface area contributed by atoms with Gasteiger partial charge in [-0.1, -0.05) is 19.1 Å². The Balaban J connectivity index is 1.89. The second kappa shape index (κ2) is 6.24. The Kier molecular flexibility index (Phi) is 4.65. The second-order valence-corrected chi connectivity index (χ2v) is 5.72. The molecule has 0 spiro atoms. The summed E-state index contributed by atoms with van der Waals surface area (Å²) >= 11 is 0. The van der Waals surface area contributed by atoms with Crippen molar-refractivity contribution in [3.05, 3.63) is 29.3 Å². The maximum absolute atomic E-state index is 3.23. The SMILES string of the molecule is CNc1ccc(CC(C)CN2CCCC2)cc1C. The Morgan fingerprint density at radius 2 is 2.00 bits per heavy atom. The molecule has 1 heterocycles. The second-order valence-electron chi connectivity index (χ2n) is 5.72. The van der Waals surface area contributed by atoms with Gasteiger partial charge < -0.3 is 10.2 Å². The lowest BCUT2D eigenvalue weighted by atomic mass is 9.98. The Bertz CT molecular complexity index is 381. The van der Waals surface area contributed by atoms with Gasteiger partial charge in [0.05, 0.1) is 0 Å². The first-order valence-corrected chi connectivity index (χ1v) is 7.18. The molecule has 2 nitrogen and oxygen atoms in total. The maximum Gasteiger partial charge on any atom is 0.0367 e. The van der Waals surface area contributed by atoms with Gasteiger partial charge in [0.25, 0.3) is 0 Å². The maximum atomic E-state index is 3.23. The van der Waals surface area contributed by atoms with Gasteiger partial charge in [-0.05, 0) is 62.4 Å². The molecule has 1 aliphatic heterocycles. The van der Waals surface area contributed by atoms with Crippen molar-refractivity contribution in [2.45, 2.75) is 33.1 Å². The zero-order chi connectivity index (χ0) is 13.0. The smallest absolute Gasteiger partial charge is 0.0367 e. The topological polar surface area (TPSA) is 15.3 Å². The third-order valence-corrected chi connectivity index (χ3v) is 3.91. The number of anilines is 1. The number of nitrogens with one attached hydrogen (secondary N) is 1. The molecule has 1 aromatic carbocycles. The van der Waals surface area contributed by atoms with Crippen molar-refractivity contribution in [1.29, 1.82) is 0 Å². The average Bonchev–Trinajstić information content (AvgIpc) is 2.82. The molecule has 1 saturated heterocycles. The fraction of sp³-hybridized carbons (Fsp3) is 0.625. The van der Waals surface area contributed by atoms with Crippen LogP contribution in [0.25, 0.3) is 0 Å². The monoisotopic (exact) mass is 246 g/mol. The Morgan fingerprint density at radius 3 is 2.61 bits per heavy atom. The van der Waals surface area contributed by atoms with Crippen molar-refractivity contribution in [3.8, 4) is 0 Å². The average molecular weight is 246 g/mol. The van der Waals surface area contributed by atoms with E-state index < -0.39 is 0 Å². The Hall–Kier alpha value is -1.02. The lowest BCUT2D eigenvalue weighted by Crippen LogP contribution is -2.26. The summed E-state index contributed by atoms with van der Waals surface area (Å²) in [5.41, 5.74) is 4.06. The first kappa shape index (κ1) is 13.4. The molecule has 0 amide bonds. The number of benzene rings is 1. The highest BCUT2D eigenvalue weighted by atomic mass is 15.1. The van der Waals surface area contributed by atoms with Crippen LogP contribution in [0.3, 0.4) is 0 Å². The van der Waals surface area contributed by atoms with E-state index in [0.29, 0.717) is 0 Å². The third kappa shape index (κ3) is 3.49. The molecule has 0 bridgehead atoms. The number of rotatable bonds is 5. The molecular weight excluding hydrogens is 220 g/mol. The molecule has 2 heteroatoms. The van der Waals surface area contributed by atoms with E-state index in [1.54, 1.807) is 0 Å². The van der Waals surface area contributed by atoms with E-state index in [2.05, 4.69) is 42.3 Å². The minimum Gasteiger partial charge on any atom is -0.388 e. The van der Waals surface area contributed by atoms with E-state index in [1.807, 2.05) is 7.05 Å². The summed E-state index contributed by atoms with van der Waals surface area (Å²) in [5.74, 6) is 0.753. The number of hydrogen-bond acceptors (Lipinski definition) is 2. The molecule has 1 aliphatic rings. The summed E-state index contributed by atoms with van der Waals surface area (Å²) in [5, 5.41) is 3.23. The van der Waals surface area contributed by atoms with Crippen molar-refractivity contribution < 1.29 is 0 Å². The van der Waals surface area contributed by atoms with Gasteiger partial charge in [-0.25, -0.2) is 0 Å². The van der Waals surface area contributed by atoms with Crippen LogP contribution in [-0.2, 0) is 6.42 Å². The molecule has 1 atom stereocenters. The van der Waals surface area contributed by atoms with Gasteiger partial charge in [0.2, 0.25) is 0 Å². The van der Waals surface area contributed by atoms with Crippen molar-refractivity contribution in [3.63, 3.8) is 0 Å². The first-order valence-electron chi connectivity index (χ1n) is 7.18. The normalized spacial score (nSPS) is 17.9. The van der Waals surface area contributed by atoms with Gasteiger partial charge in [-0.15, -0.1) is 0 Å². The van der Waals surface area contributed by atoms with Gasteiger partial charge in [0.15, 0.2) is 0 Å². The van der Waals surface area contributed by atoms with Crippen LogP contribution >= 0.6 is 0 Å². The summed E-state index contributed by atoms with van der Waals surface area (Å²) in [4.78, 5) is 2.61. The summed E-state index contributed by atoms with van der Waals surface area (Å²) in [6.07, 6.45) is 3.98. The predicted octanol–water partition coefficient (Wildman–Crippen LogP) is 3.31. The van der Waals surface area contributed by atoms with Gasteiger partial charge in [0.1, 0.15) is 0 Å². The van der Waals surface area contributed by atoms with Gasteiger partial charge in [-0.3, -0.25) is 0 Å². The third-order valence-electron chi connectivity index (χ3n) is 3.91. The Labute approximate surface area is 111 Å². The molecule has 1 aromatic rings. The summed E-state index contributed by atoms with van der Waals surface area (Å²) in [6.45, 7) is 8.43. The zero-order valence-electron chi connectivity index (χ0n) is 12.0. The van der Waals surface area contributed by atoms with Crippen LogP contribution in [-0.4, -0.2) is 31.6 Å².